The molecule has 0 aliphatic heterocycles. The summed E-state index contributed by atoms with van der Waals surface area (Å²) >= 11 is 6.91. The van der Waals surface area contributed by atoms with Gasteiger partial charge in [-0.15, -0.1) is 0 Å². The van der Waals surface area contributed by atoms with Crippen LogP contribution >= 0.6 is 23.5 Å². The number of nitrogens with zero attached hydrogens (tertiary/aromatic N) is 3. The Hall–Kier alpha value is -1.83. The lowest BCUT2D eigenvalue weighted by molar-refractivity contribution is 0.368. The molecule has 30 heavy (non-hydrogen) atoms. The highest BCUT2D eigenvalue weighted by atomic mass is 35.5. The second-order valence-corrected chi connectivity index (χ2v) is 7.45. The van der Waals surface area contributed by atoms with E-state index in [-0.39, 0.29) is 11.5 Å². The summed E-state index contributed by atoms with van der Waals surface area (Å²) in [5.74, 6) is 0.201. The number of halogens is 2. The maximum Gasteiger partial charge on any atom is 0.197 e. The standard InChI is InChI=1S/C14H13ClFN5S.C6H14.C2H6/c1-21-13-8-4-7(15)2-3-10(8)19-5-11(13)20-14(21)12(16)9(17)6-22-18;1-3-5-6-4-2;1-2/h2-6,12H,17-18H2,1H3;3-6H2,1-2H3;1-2H3/b9-6-;;. The maximum atomic E-state index is 14.5. The molecule has 3 rings (SSSR count). The first kappa shape index (κ1) is 26.2. The molecule has 0 aliphatic carbocycles. The predicted octanol–water partition coefficient (Wildman–Crippen LogP) is 6.81. The number of hydrogen-bond donors (Lipinski definition) is 2. The van der Waals surface area contributed by atoms with Crippen molar-refractivity contribution >= 4 is 45.5 Å². The summed E-state index contributed by atoms with van der Waals surface area (Å²) in [4.78, 5) is 8.63. The van der Waals surface area contributed by atoms with Crippen molar-refractivity contribution in [2.24, 2.45) is 17.9 Å². The van der Waals surface area contributed by atoms with Crippen LogP contribution in [0.4, 0.5) is 4.39 Å². The third-order valence-corrected chi connectivity index (χ3v) is 5.02. The summed E-state index contributed by atoms with van der Waals surface area (Å²) in [5.41, 5.74) is 7.81. The molecule has 0 saturated heterocycles. The number of unbranched alkanes of at least 4 members (excludes halogenated alkanes) is 3. The lowest BCUT2D eigenvalue weighted by atomic mass is 10.2. The number of allylic oxidation sites excluding steroid dienone is 1. The normalized spacial score (nSPS) is 12.2. The molecule has 2 heterocycles. The number of imidazole rings is 1. The Morgan fingerprint density at radius 3 is 2.43 bits per heavy atom. The average Bonchev–Trinajstić information content (AvgIpc) is 3.10. The first-order chi connectivity index (χ1) is 14.4. The minimum atomic E-state index is -1.54. The molecule has 3 aromatic rings. The van der Waals surface area contributed by atoms with E-state index in [0.29, 0.717) is 10.5 Å². The quantitative estimate of drug-likeness (QED) is 0.316. The number of rotatable bonds is 6. The van der Waals surface area contributed by atoms with E-state index < -0.39 is 6.17 Å². The number of nitrogens with two attached hydrogens (primary N) is 2. The second kappa shape index (κ2) is 13.5. The number of aryl methyl sites for hydroxylation is 1. The summed E-state index contributed by atoms with van der Waals surface area (Å²) in [6.45, 7) is 8.46. The highest BCUT2D eigenvalue weighted by Crippen LogP contribution is 2.30. The Morgan fingerprint density at radius 2 is 1.87 bits per heavy atom. The molecule has 166 valence electrons. The van der Waals surface area contributed by atoms with Crippen LogP contribution in [0.25, 0.3) is 21.9 Å². The number of pyridine rings is 1. The van der Waals surface area contributed by atoms with E-state index >= 15 is 0 Å². The molecule has 0 radical (unpaired) electrons. The molecule has 4 N–H and O–H groups in total. The fourth-order valence-corrected chi connectivity index (χ4v) is 3.35. The van der Waals surface area contributed by atoms with Gasteiger partial charge in [0.2, 0.25) is 0 Å². The van der Waals surface area contributed by atoms with E-state index in [1.54, 1.807) is 29.9 Å². The fourth-order valence-electron chi connectivity index (χ4n) is 2.90. The SMILES string of the molecule is CC.CCCCCC.Cn1c(C(F)/C(N)=C/SN)nc2cnc3ccc(Cl)cc3c21. The molecule has 0 fully saturated rings. The first-order valence-corrected chi connectivity index (χ1v) is 11.6. The van der Waals surface area contributed by atoms with Gasteiger partial charge in [-0.3, -0.25) is 10.1 Å². The Labute approximate surface area is 188 Å². The van der Waals surface area contributed by atoms with Crippen molar-refractivity contribution in [2.75, 3.05) is 0 Å². The molecule has 0 amide bonds. The largest absolute Gasteiger partial charge is 0.399 e. The van der Waals surface area contributed by atoms with Crippen LogP contribution in [0.5, 0.6) is 0 Å². The highest BCUT2D eigenvalue weighted by molar-refractivity contribution is 8.00. The summed E-state index contributed by atoms with van der Waals surface area (Å²) in [7, 11) is 1.74. The Balaban J connectivity index is 0.000000487. The zero-order valence-corrected chi connectivity index (χ0v) is 20.0. The van der Waals surface area contributed by atoms with E-state index in [4.69, 9.17) is 22.5 Å². The van der Waals surface area contributed by atoms with E-state index in [9.17, 15) is 4.39 Å². The molecular weight excluding hydrogens is 421 g/mol. The van der Waals surface area contributed by atoms with Crippen LogP contribution in [0.15, 0.2) is 35.5 Å². The van der Waals surface area contributed by atoms with Crippen molar-refractivity contribution in [1.29, 1.82) is 0 Å². The van der Waals surface area contributed by atoms with Crippen LogP contribution in [0.2, 0.25) is 5.02 Å². The van der Waals surface area contributed by atoms with Crippen LogP contribution in [0.1, 0.15) is 65.4 Å². The Morgan fingerprint density at radius 1 is 1.23 bits per heavy atom. The van der Waals surface area contributed by atoms with E-state index in [1.165, 1.54) is 31.1 Å². The summed E-state index contributed by atoms with van der Waals surface area (Å²) in [6.07, 6.45) is 5.61. The zero-order chi connectivity index (χ0) is 22.7. The van der Waals surface area contributed by atoms with Gasteiger partial charge in [-0.1, -0.05) is 76.9 Å². The van der Waals surface area contributed by atoms with Crippen molar-refractivity contribution in [2.45, 2.75) is 59.5 Å². The molecular formula is C22H33ClFN5S. The van der Waals surface area contributed by atoms with Gasteiger partial charge in [0.05, 0.1) is 22.9 Å². The van der Waals surface area contributed by atoms with Crippen molar-refractivity contribution in [1.82, 2.24) is 14.5 Å². The van der Waals surface area contributed by atoms with Gasteiger partial charge in [-0.25, -0.2) is 9.37 Å². The van der Waals surface area contributed by atoms with Crippen LogP contribution < -0.4 is 10.9 Å². The zero-order valence-electron chi connectivity index (χ0n) is 18.5. The summed E-state index contributed by atoms with van der Waals surface area (Å²) in [6, 6.07) is 5.37. The topological polar surface area (TPSA) is 82.8 Å². The van der Waals surface area contributed by atoms with Gasteiger partial charge in [-0.2, -0.15) is 0 Å². The minimum absolute atomic E-state index is 0.0150. The highest BCUT2D eigenvalue weighted by Gasteiger charge is 2.21. The molecule has 8 heteroatoms. The maximum absolute atomic E-state index is 14.5. The van der Waals surface area contributed by atoms with Gasteiger partial charge in [0.1, 0.15) is 5.52 Å². The molecule has 1 aromatic carbocycles. The van der Waals surface area contributed by atoms with E-state index in [0.717, 1.165) is 28.4 Å². The fraction of sp³-hybridized carbons (Fsp3) is 0.455. The molecule has 0 saturated carbocycles. The average molecular weight is 454 g/mol. The van der Waals surface area contributed by atoms with Gasteiger partial charge >= 0.3 is 0 Å². The summed E-state index contributed by atoms with van der Waals surface area (Å²) in [5, 5.41) is 8.05. The van der Waals surface area contributed by atoms with E-state index in [2.05, 4.69) is 23.8 Å². The monoisotopic (exact) mass is 453 g/mol. The van der Waals surface area contributed by atoms with Gasteiger partial charge < -0.3 is 10.3 Å². The smallest absolute Gasteiger partial charge is 0.197 e. The third-order valence-electron chi connectivity index (χ3n) is 4.38. The molecule has 1 unspecified atom stereocenters. The lowest BCUT2D eigenvalue weighted by Gasteiger charge is -2.09. The number of hydrogen-bond acceptors (Lipinski definition) is 5. The number of aromatic nitrogens is 3. The second-order valence-electron chi connectivity index (χ2n) is 6.51. The lowest BCUT2D eigenvalue weighted by Crippen LogP contribution is -2.10. The van der Waals surface area contributed by atoms with E-state index in [1.807, 2.05) is 19.9 Å². The molecule has 0 aliphatic rings. The van der Waals surface area contributed by atoms with Gasteiger partial charge in [0.15, 0.2) is 12.0 Å². The first-order valence-electron chi connectivity index (χ1n) is 10.3. The van der Waals surface area contributed by atoms with Crippen molar-refractivity contribution in [3.63, 3.8) is 0 Å². The molecule has 1 atom stereocenters. The van der Waals surface area contributed by atoms with Crippen molar-refractivity contribution in [3.8, 4) is 0 Å². The van der Waals surface area contributed by atoms with Crippen molar-refractivity contribution < 1.29 is 4.39 Å². The van der Waals surface area contributed by atoms with Gasteiger partial charge in [-0.05, 0) is 18.2 Å². The third kappa shape index (κ3) is 6.59. The van der Waals surface area contributed by atoms with Gasteiger partial charge in [0.25, 0.3) is 0 Å². The van der Waals surface area contributed by atoms with Crippen molar-refractivity contribution in [3.05, 3.63) is 46.3 Å². The summed E-state index contributed by atoms with van der Waals surface area (Å²) < 4.78 is 16.2. The number of benzene rings is 1. The van der Waals surface area contributed by atoms with Crippen LogP contribution in [-0.4, -0.2) is 14.5 Å². The van der Waals surface area contributed by atoms with Crippen LogP contribution in [0.3, 0.4) is 0 Å². The predicted molar refractivity (Wildman–Crippen MR) is 130 cm³/mol. The minimum Gasteiger partial charge on any atom is -0.399 e. The Kier molecular flexibility index (Phi) is 11.8. The molecule has 0 spiro atoms. The Bertz CT molecular complexity index is 953. The van der Waals surface area contributed by atoms with Crippen LogP contribution in [-0.2, 0) is 7.05 Å². The number of fused-ring (bicyclic) bond motifs is 3. The van der Waals surface area contributed by atoms with Gasteiger partial charge in [0, 0.05) is 22.9 Å². The van der Waals surface area contributed by atoms with Crippen LogP contribution in [0, 0.1) is 0 Å². The molecule has 5 nitrogen and oxygen atoms in total. The molecule has 2 aromatic heterocycles. The number of alkyl halides is 1. The molecule has 0 bridgehead atoms.